The van der Waals surface area contributed by atoms with Gasteiger partial charge in [0.15, 0.2) is 0 Å². The van der Waals surface area contributed by atoms with Gasteiger partial charge in [0.1, 0.15) is 40.8 Å². The van der Waals surface area contributed by atoms with E-state index in [4.69, 9.17) is 23.6 Å². The van der Waals surface area contributed by atoms with E-state index in [1.807, 2.05) is 62.4 Å². The number of aliphatic hydroxyl groups is 1. The van der Waals surface area contributed by atoms with Crippen LogP contribution >= 0.6 is 11.8 Å². The van der Waals surface area contributed by atoms with Gasteiger partial charge in [-0.15, -0.1) is 10.2 Å². The maximum atomic E-state index is 11.5. The summed E-state index contributed by atoms with van der Waals surface area (Å²) in [5.41, 5.74) is 2.89. The summed E-state index contributed by atoms with van der Waals surface area (Å²) in [6, 6.07) is 23.6. The van der Waals surface area contributed by atoms with Gasteiger partial charge < -0.3 is 23.7 Å². The molecule has 1 atom stereocenters. The molecule has 1 N–H and O–H groups in total. The van der Waals surface area contributed by atoms with Crippen molar-refractivity contribution in [3.05, 3.63) is 89.3 Å². The Morgan fingerprint density at radius 1 is 0.805 bits per heavy atom. The molecule has 0 amide bonds. The van der Waals surface area contributed by atoms with Crippen molar-refractivity contribution in [3.63, 3.8) is 0 Å². The van der Waals surface area contributed by atoms with Crippen molar-refractivity contribution < 1.29 is 23.7 Å². The molecule has 0 aliphatic rings. The Labute approximate surface area is 241 Å². The number of thioether (sulfide) groups is 1. The Hall–Kier alpha value is -4.41. The van der Waals surface area contributed by atoms with E-state index in [1.54, 1.807) is 24.3 Å². The van der Waals surface area contributed by atoms with E-state index in [1.165, 1.54) is 17.8 Å². The van der Waals surface area contributed by atoms with Gasteiger partial charge in [-0.2, -0.15) is 0 Å². The minimum Gasteiger partial charge on any atom is -0.494 e. The first kappa shape index (κ1) is 28.1. The molecule has 0 saturated carbocycles. The van der Waals surface area contributed by atoms with E-state index in [2.05, 4.69) is 10.2 Å². The van der Waals surface area contributed by atoms with Crippen molar-refractivity contribution in [1.29, 1.82) is 0 Å². The second kappa shape index (κ2) is 13.3. The molecule has 2 aromatic heterocycles. The molecule has 3 aromatic carbocycles. The molecule has 5 aromatic rings. The largest absolute Gasteiger partial charge is 0.494 e. The fourth-order valence-electron chi connectivity index (χ4n) is 4.11. The topological polar surface area (TPSA) is 117 Å². The van der Waals surface area contributed by atoms with Gasteiger partial charge in [0, 0.05) is 34.4 Å². The van der Waals surface area contributed by atoms with Crippen LogP contribution in [0.4, 0.5) is 0 Å². The van der Waals surface area contributed by atoms with Crippen LogP contribution in [0.5, 0.6) is 17.2 Å². The summed E-state index contributed by atoms with van der Waals surface area (Å²) >= 11 is 1.28. The van der Waals surface area contributed by atoms with Gasteiger partial charge in [-0.05, 0) is 56.3 Å². The van der Waals surface area contributed by atoms with Crippen LogP contribution in [0, 0.1) is 0 Å². The van der Waals surface area contributed by atoms with Crippen molar-refractivity contribution >= 4 is 22.7 Å². The second-order valence-electron chi connectivity index (χ2n) is 8.94. The van der Waals surface area contributed by atoms with E-state index in [0.29, 0.717) is 41.1 Å². The predicted molar refractivity (Wildman–Crippen MR) is 158 cm³/mol. The number of hydrogen-bond acceptors (Lipinski definition) is 10. The van der Waals surface area contributed by atoms with Gasteiger partial charge in [-0.25, -0.2) is 9.78 Å². The lowest BCUT2D eigenvalue weighted by Crippen LogP contribution is -2.20. The molecule has 0 fully saturated rings. The van der Waals surface area contributed by atoms with E-state index >= 15 is 0 Å². The molecule has 0 spiro atoms. The monoisotopic (exact) mass is 571 g/mol. The van der Waals surface area contributed by atoms with Gasteiger partial charge in [0.25, 0.3) is 0 Å². The molecule has 41 heavy (non-hydrogen) atoms. The summed E-state index contributed by atoms with van der Waals surface area (Å²) in [6.45, 7) is 5.00. The van der Waals surface area contributed by atoms with E-state index in [0.717, 1.165) is 28.0 Å². The first-order chi connectivity index (χ1) is 20.0. The average Bonchev–Trinajstić information content (AvgIpc) is 2.99. The van der Waals surface area contributed by atoms with Crippen LogP contribution in [0.25, 0.3) is 33.5 Å². The third-order valence-electron chi connectivity index (χ3n) is 5.95. The summed E-state index contributed by atoms with van der Waals surface area (Å²) in [6.07, 6.45) is -0.811. The average molecular weight is 572 g/mol. The van der Waals surface area contributed by atoms with Crippen LogP contribution in [0.3, 0.4) is 0 Å². The Bertz CT molecular complexity index is 1690. The summed E-state index contributed by atoms with van der Waals surface area (Å²) in [4.78, 5) is 16.3. The molecule has 0 aliphatic heterocycles. The number of aliphatic hydroxyl groups excluding tert-OH is 1. The molecule has 9 nitrogen and oxygen atoms in total. The van der Waals surface area contributed by atoms with E-state index < -0.39 is 11.7 Å². The third-order valence-corrected chi connectivity index (χ3v) is 6.93. The van der Waals surface area contributed by atoms with Crippen LogP contribution in [0.1, 0.15) is 13.8 Å². The van der Waals surface area contributed by atoms with Gasteiger partial charge in [0.2, 0.25) is 5.16 Å². The predicted octanol–water partition coefficient (Wildman–Crippen LogP) is 5.64. The SMILES string of the molecule is CCOc1cccc(-c2nnc(SCC(O)COc3ccc4ccc(=O)oc4c3)nc2-c2cccc(OCC)c2)c1. The molecular formula is C31H29N3O6S. The normalized spacial score (nSPS) is 11.8. The lowest BCUT2D eigenvalue weighted by molar-refractivity contribution is 0.126. The molecule has 0 aliphatic carbocycles. The number of fused-ring (bicyclic) bond motifs is 1. The summed E-state index contributed by atoms with van der Waals surface area (Å²) in [7, 11) is 0. The minimum absolute atomic E-state index is 0.0363. The van der Waals surface area contributed by atoms with Crippen molar-refractivity contribution in [3.8, 4) is 39.8 Å². The number of hydrogen-bond donors (Lipinski definition) is 1. The third kappa shape index (κ3) is 7.22. The van der Waals surface area contributed by atoms with E-state index in [-0.39, 0.29) is 12.4 Å². The zero-order valence-corrected chi connectivity index (χ0v) is 23.5. The van der Waals surface area contributed by atoms with Crippen molar-refractivity contribution in [2.45, 2.75) is 25.1 Å². The highest BCUT2D eigenvalue weighted by atomic mass is 32.2. The zero-order chi connectivity index (χ0) is 28.6. The highest BCUT2D eigenvalue weighted by Crippen LogP contribution is 2.33. The molecule has 0 bridgehead atoms. The molecule has 10 heteroatoms. The first-order valence-electron chi connectivity index (χ1n) is 13.2. The molecule has 0 saturated heterocycles. The Morgan fingerprint density at radius 2 is 1.46 bits per heavy atom. The van der Waals surface area contributed by atoms with Gasteiger partial charge in [0.05, 0.1) is 19.3 Å². The quantitative estimate of drug-likeness (QED) is 0.149. The molecule has 210 valence electrons. The summed E-state index contributed by atoms with van der Waals surface area (Å²) in [5, 5.41) is 20.7. The van der Waals surface area contributed by atoms with E-state index in [9.17, 15) is 9.90 Å². The minimum atomic E-state index is -0.811. The van der Waals surface area contributed by atoms with Gasteiger partial charge in [-0.1, -0.05) is 36.0 Å². The molecule has 0 radical (unpaired) electrons. The highest BCUT2D eigenvalue weighted by molar-refractivity contribution is 7.99. The van der Waals surface area contributed by atoms with Crippen LogP contribution in [-0.2, 0) is 0 Å². The summed E-state index contributed by atoms with van der Waals surface area (Å²) < 4.78 is 22.3. The maximum Gasteiger partial charge on any atom is 0.336 e. The number of benzene rings is 3. The molecule has 2 heterocycles. The molecular weight excluding hydrogens is 542 g/mol. The number of ether oxygens (including phenoxy) is 3. The second-order valence-corrected chi connectivity index (χ2v) is 9.93. The standard InChI is InChI=1S/C31H29N3O6S/c1-3-37-24-9-5-7-21(15-24)29-30(22-8-6-10-25(16-22)38-4-2)33-34-31(32-29)41-19-23(35)18-39-26-13-11-20-12-14-28(36)40-27(20)17-26/h5-17,23,35H,3-4,18-19H2,1-2H3. The van der Waals surface area contributed by atoms with Crippen LogP contribution in [0.15, 0.2) is 93.2 Å². The van der Waals surface area contributed by atoms with Crippen LogP contribution < -0.4 is 19.8 Å². The van der Waals surface area contributed by atoms with Gasteiger partial charge in [-0.3, -0.25) is 0 Å². The highest BCUT2D eigenvalue weighted by Gasteiger charge is 2.17. The fourth-order valence-corrected chi connectivity index (χ4v) is 4.80. The van der Waals surface area contributed by atoms with Crippen LogP contribution in [0.2, 0.25) is 0 Å². The lowest BCUT2D eigenvalue weighted by atomic mass is 10.0. The molecule has 5 rings (SSSR count). The summed E-state index contributed by atoms with van der Waals surface area (Å²) in [5.74, 6) is 2.23. The molecule has 1 unspecified atom stereocenters. The fraction of sp³-hybridized carbons (Fsp3) is 0.226. The van der Waals surface area contributed by atoms with Crippen molar-refractivity contribution in [2.75, 3.05) is 25.6 Å². The Kier molecular flexibility index (Phi) is 9.12. The van der Waals surface area contributed by atoms with Crippen molar-refractivity contribution in [1.82, 2.24) is 15.2 Å². The Balaban J connectivity index is 1.33. The van der Waals surface area contributed by atoms with Crippen molar-refractivity contribution in [2.24, 2.45) is 0 Å². The number of rotatable bonds is 12. The Morgan fingerprint density at radius 3 is 2.17 bits per heavy atom. The number of nitrogens with zero attached hydrogens (tertiary/aromatic N) is 3. The first-order valence-corrected chi connectivity index (χ1v) is 14.2. The maximum absolute atomic E-state index is 11.5. The smallest absolute Gasteiger partial charge is 0.336 e. The lowest BCUT2D eigenvalue weighted by Gasteiger charge is -2.14. The van der Waals surface area contributed by atoms with Crippen LogP contribution in [-0.4, -0.2) is 52.0 Å². The number of aromatic nitrogens is 3. The van der Waals surface area contributed by atoms with Gasteiger partial charge >= 0.3 is 5.63 Å². The zero-order valence-electron chi connectivity index (χ0n) is 22.6.